The number of rotatable bonds is 7. The lowest BCUT2D eigenvalue weighted by atomic mass is 9.66. The number of fused-ring (bicyclic) bond motifs is 1. The number of benzene rings is 2. The van der Waals surface area contributed by atoms with E-state index in [9.17, 15) is 20.0 Å². The molecule has 2 aliphatic heterocycles. The van der Waals surface area contributed by atoms with Gasteiger partial charge in [0.05, 0.1) is 28.5 Å². The molecule has 3 heterocycles. The number of nitriles is 1. The SMILES string of the molecule is CCC(C#N)(CC)c1ccc(CN2CC[C@](O)(c3ccc4ncc([C@H]5CCC(=O)NC5=O)cc4c3F)C(C)(C)C2)cc1. The van der Waals surface area contributed by atoms with E-state index in [0.717, 1.165) is 24.0 Å². The molecule has 0 saturated carbocycles. The zero-order valence-electron chi connectivity index (χ0n) is 24.8. The molecule has 8 heteroatoms. The number of likely N-dealkylation sites (tertiary alicyclic amines) is 1. The number of nitrogens with one attached hydrogen (secondary N) is 1. The highest BCUT2D eigenvalue weighted by atomic mass is 19.1. The predicted molar refractivity (Wildman–Crippen MR) is 159 cm³/mol. The first-order chi connectivity index (χ1) is 20.0. The zero-order chi connectivity index (χ0) is 30.3. The average Bonchev–Trinajstić information content (AvgIpc) is 2.97. The molecule has 0 radical (unpaired) electrons. The molecule has 7 nitrogen and oxygen atoms in total. The van der Waals surface area contributed by atoms with Crippen LogP contribution in [0.3, 0.4) is 0 Å². The third kappa shape index (κ3) is 5.10. The van der Waals surface area contributed by atoms with Crippen LogP contribution in [0.5, 0.6) is 0 Å². The molecule has 2 atom stereocenters. The van der Waals surface area contributed by atoms with Crippen molar-refractivity contribution in [2.45, 2.75) is 83.3 Å². The molecule has 2 aromatic carbocycles. The molecular formula is C34H39FN4O3. The number of halogens is 1. The Morgan fingerprint density at radius 3 is 2.50 bits per heavy atom. The fraction of sp³-hybridized carbons (Fsp3) is 0.471. The first kappa shape index (κ1) is 29.8. The number of imide groups is 1. The van der Waals surface area contributed by atoms with Crippen LogP contribution in [0.1, 0.15) is 88.0 Å². The van der Waals surface area contributed by atoms with Crippen LogP contribution in [-0.4, -0.2) is 39.9 Å². The van der Waals surface area contributed by atoms with Gasteiger partial charge in [0.25, 0.3) is 0 Å². The molecule has 2 aliphatic rings. The molecule has 220 valence electrons. The largest absolute Gasteiger partial charge is 0.384 e. The maximum Gasteiger partial charge on any atom is 0.234 e. The van der Waals surface area contributed by atoms with Gasteiger partial charge in [0.15, 0.2) is 0 Å². The van der Waals surface area contributed by atoms with Crippen LogP contribution in [0, 0.1) is 22.6 Å². The van der Waals surface area contributed by atoms with Crippen LogP contribution >= 0.6 is 0 Å². The first-order valence-corrected chi connectivity index (χ1v) is 14.8. The second-order valence-electron chi connectivity index (χ2n) is 12.6. The van der Waals surface area contributed by atoms with Crippen LogP contribution in [0.25, 0.3) is 10.9 Å². The fourth-order valence-electron chi connectivity index (χ4n) is 6.83. The molecule has 2 amide bonds. The Kier molecular flexibility index (Phi) is 7.95. The summed E-state index contributed by atoms with van der Waals surface area (Å²) in [7, 11) is 0. The van der Waals surface area contributed by atoms with E-state index < -0.39 is 34.1 Å². The van der Waals surface area contributed by atoms with E-state index in [-0.39, 0.29) is 23.3 Å². The highest BCUT2D eigenvalue weighted by Crippen LogP contribution is 2.48. The Morgan fingerprint density at radius 1 is 1.17 bits per heavy atom. The van der Waals surface area contributed by atoms with Crippen molar-refractivity contribution < 1.29 is 19.1 Å². The standard InChI is InChI=1S/C34H39FN4O3/c1-5-33(6-2,20-36)24-9-7-22(8-10-24)19-39-16-15-34(42,32(3,4)21-39)27-12-13-28-26(30(27)35)17-23(18-37-28)25-11-14-29(40)38-31(25)41/h7-10,12-13,17-18,25,42H,5-6,11,14-16,19,21H2,1-4H3,(H,38,40,41)/t25-,34+/m1/s1. The Labute approximate surface area is 246 Å². The van der Waals surface area contributed by atoms with Gasteiger partial charge in [-0.15, -0.1) is 0 Å². The highest BCUT2D eigenvalue weighted by molar-refractivity contribution is 6.01. The smallest absolute Gasteiger partial charge is 0.234 e. The maximum absolute atomic E-state index is 16.2. The number of nitrogens with zero attached hydrogens (tertiary/aromatic N) is 3. The number of aliphatic hydroxyl groups is 1. The lowest BCUT2D eigenvalue weighted by Gasteiger charge is -2.50. The van der Waals surface area contributed by atoms with Crippen LogP contribution in [0.15, 0.2) is 48.7 Å². The van der Waals surface area contributed by atoms with Crippen LogP contribution < -0.4 is 5.32 Å². The van der Waals surface area contributed by atoms with Crippen molar-refractivity contribution in [2.75, 3.05) is 13.1 Å². The van der Waals surface area contributed by atoms with Crippen molar-refractivity contribution in [3.63, 3.8) is 0 Å². The fourth-order valence-corrected chi connectivity index (χ4v) is 6.83. The quantitative estimate of drug-likeness (QED) is 0.359. The molecule has 3 aromatic rings. The van der Waals surface area contributed by atoms with Crippen molar-refractivity contribution in [2.24, 2.45) is 5.41 Å². The molecule has 0 bridgehead atoms. The number of aromatic nitrogens is 1. The average molecular weight is 571 g/mol. The predicted octanol–water partition coefficient (Wildman–Crippen LogP) is 5.60. The summed E-state index contributed by atoms with van der Waals surface area (Å²) in [5.74, 6) is -1.80. The minimum Gasteiger partial charge on any atom is -0.384 e. The molecule has 2 saturated heterocycles. The summed E-state index contributed by atoms with van der Waals surface area (Å²) in [4.78, 5) is 30.7. The summed E-state index contributed by atoms with van der Waals surface area (Å²) in [6.45, 7) is 9.86. The van der Waals surface area contributed by atoms with Gasteiger partial charge in [-0.25, -0.2) is 4.39 Å². The van der Waals surface area contributed by atoms with E-state index >= 15 is 4.39 Å². The van der Waals surface area contributed by atoms with Gasteiger partial charge in [0, 0.05) is 48.6 Å². The molecule has 5 rings (SSSR count). The van der Waals surface area contributed by atoms with Gasteiger partial charge < -0.3 is 5.11 Å². The summed E-state index contributed by atoms with van der Waals surface area (Å²) in [6.07, 6.45) is 4.02. The third-order valence-electron chi connectivity index (χ3n) is 9.77. The molecule has 0 aliphatic carbocycles. The highest BCUT2D eigenvalue weighted by Gasteiger charge is 2.50. The van der Waals surface area contributed by atoms with Gasteiger partial charge in [-0.3, -0.25) is 24.8 Å². The second kappa shape index (κ2) is 11.2. The molecule has 2 N–H and O–H groups in total. The second-order valence-corrected chi connectivity index (χ2v) is 12.6. The molecular weight excluding hydrogens is 531 g/mol. The number of hydrogen-bond acceptors (Lipinski definition) is 6. The number of piperidine rings is 2. The normalized spacial score (nSPS) is 23.0. The molecule has 42 heavy (non-hydrogen) atoms. The van der Waals surface area contributed by atoms with Crippen molar-refractivity contribution in [1.29, 1.82) is 5.26 Å². The molecule has 0 spiro atoms. The zero-order valence-corrected chi connectivity index (χ0v) is 24.8. The summed E-state index contributed by atoms with van der Waals surface area (Å²) < 4.78 is 16.2. The minimum absolute atomic E-state index is 0.226. The summed E-state index contributed by atoms with van der Waals surface area (Å²) in [5.41, 5.74) is 0.848. The topological polar surface area (TPSA) is 106 Å². The summed E-state index contributed by atoms with van der Waals surface area (Å²) in [5, 5.41) is 24.5. The van der Waals surface area contributed by atoms with E-state index in [2.05, 4.69) is 45.5 Å². The first-order valence-electron chi connectivity index (χ1n) is 14.8. The monoisotopic (exact) mass is 570 g/mol. The Hall–Kier alpha value is -3.67. The van der Waals surface area contributed by atoms with Crippen LogP contribution in [-0.2, 0) is 27.1 Å². The number of pyridine rings is 1. The van der Waals surface area contributed by atoms with Crippen molar-refractivity contribution in [3.8, 4) is 6.07 Å². The lowest BCUT2D eigenvalue weighted by molar-refractivity contribution is -0.134. The molecule has 1 aromatic heterocycles. The van der Waals surface area contributed by atoms with Gasteiger partial charge in [-0.05, 0) is 54.5 Å². The number of amides is 2. The van der Waals surface area contributed by atoms with Gasteiger partial charge in [-0.1, -0.05) is 58.0 Å². The van der Waals surface area contributed by atoms with E-state index in [1.807, 2.05) is 27.7 Å². The van der Waals surface area contributed by atoms with Crippen molar-refractivity contribution >= 4 is 22.7 Å². The van der Waals surface area contributed by atoms with Gasteiger partial charge in [0.1, 0.15) is 5.82 Å². The summed E-state index contributed by atoms with van der Waals surface area (Å²) in [6, 6.07) is 15.8. The Balaban J connectivity index is 1.37. The molecule has 0 unspecified atom stereocenters. The third-order valence-corrected chi connectivity index (χ3v) is 9.77. The number of carbonyl (C=O) groups is 2. The number of hydrogen-bond donors (Lipinski definition) is 2. The molecule has 2 fully saturated rings. The van der Waals surface area contributed by atoms with E-state index in [1.165, 1.54) is 0 Å². The van der Waals surface area contributed by atoms with Crippen LogP contribution in [0.4, 0.5) is 4.39 Å². The van der Waals surface area contributed by atoms with E-state index in [1.54, 1.807) is 24.4 Å². The van der Waals surface area contributed by atoms with Gasteiger partial charge >= 0.3 is 0 Å². The lowest BCUT2D eigenvalue weighted by Crippen LogP contribution is -2.55. The van der Waals surface area contributed by atoms with Crippen molar-refractivity contribution in [1.82, 2.24) is 15.2 Å². The Bertz CT molecular complexity index is 1560. The van der Waals surface area contributed by atoms with E-state index in [0.29, 0.717) is 43.6 Å². The van der Waals surface area contributed by atoms with E-state index in [4.69, 9.17) is 0 Å². The van der Waals surface area contributed by atoms with Gasteiger partial charge in [-0.2, -0.15) is 5.26 Å². The van der Waals surface area contributed by atoms with Crippen LogP contribution in [0.2, 0.25) is 0 Å². The Morgan fingerprint density at radius 2 is 1.88 bits per heavy atom. The van der Waals surface area contributed by atoms with Crippen molar-refractivity contribution in [3.05, 3.63) is 76.7 Å². The minimum atomic E-state index is -1.41. The number of carbonyl (C=O) groups excluding carboxylic acids is 2. The summed E-state index contributed by atoms with van der Waals surface area (Å²) >= 11 is 0. The maximum atomic E-state index is 16.2. The van der Waals surface area contributed by atoms with Gasteiger partial charge in [0.2, 0.25) is 11.8 Å².